The van der Waals surface area contributed by atoms with E-state index >= 15 is 0 Å². The SMILES string of the molecule is Nc1cc([N+](=O)[O-])cc(Nc2ccc(I)cc2)n1. The second-order valence-corrected chi connectivity index (χ2v) is 4.77. The summed E-state index contributed by atoms with van der Waals surface area (Å²) < 4.78 is 1.10. The number of aromatic nitrogens is 1. The van der Waals surface area contributed by atoms with Crippen molar-refractivity contribution in [1.29, 1.82) is 0 Å². The highest BCUT2D eigenvalue weighted by Crippen LogP contribution is 2.22. The number of rotatable bonds is 3. The second-order valence-electron chi connectivity index (χ2n) is 3.52. The van der Waals surface area contributed by atoms with Crippen molar-refractivity contribution in [2.24, 2.45) is 0 Å². The molecule has 7 heteroatoms. The lowest BCUT2D eigenvalue weighted by molar-refractivity contribution is -0.384. The number of anilines is 3. The summed E-state index contributed by atoms with van der Waals surface area (Å²) in [6.45, 7) is 0. The summed E-state index contributed by atoms with van der Waals surface area (Å²) in [5.41, 5.74) is 6.23. The number of hydrogen-bond acceptors (Lipinski definition) is 5. The van der Waals surface area contributed by atoms with E-state index in [1.807, 2.05) is 24.3 Å². The predicted octanol–water partition coefficient (Wildman–Crippen LogP) is 2.92. The smallest absolute Gasteiger partial charge is 0.276 e. The summed E-state index contributed by atoms with van der Waals surface area (Å²) in [4.78, 5) is 14.2. The van der Waals surface area contributed by atoms with Crippen molar-refractivity contribution in [3.63, 3.8) is 0 Å². The Bertz CT molecular complexity index is 586. The molecule has 0 saturated heterocycles. The first-order chi connectivity index (χ1) is 8.54. The standard InChI is InChI=1S/C11H9IN4O2/c12-7-1-3-8(4-2-7)14-11-6-9(16(17)18)5-10(13)15-11/h1-6H,(H3,13,14,15). The van der Waals surface area contributed by atoms with Gasteiger partial charge in [0.1, 0.15) is 11.6 Å². The lowest BCUT2D eigenvalue weighted by Gasteiger charge is -2.06. The van der Waals surface area contributed by atoms with Crippen LogP contribution in [0.25, 0.3) is 0 Å². The van der Waals surface area contributed by atoms with E-state index in [2.05, 4.69) is 32.9 Å². The summed E-state index contributed by atoms with van der Waals surface area (Å²) in [5, 5.41) is 13.7. The van der Waals surface area contributed by atoms with Gasteiger partial charge in [0.05, 0.1) is 17.1 Å². The summed E-state index contributed by atoms with van der Waals surface area (Å²) in [6.07, 6.45) is 0. The maximum atomic E-state index is 10.7. The van der Waals surface area contributed by atoms with Crippen molar-refractivity contribution >= 4 is 45.6 Å². The topological polar surface area (TPSA) is 94.1 Å². The normalized spacial score (nSPS) is 10.1. The molecule has 18 heavy (non-hydrogen) atoms. The van der Waals surface area contributed by atoms with Gasteiger partial charge in [-0.2, -0.15) is 0 Å². The Morgan fingerprint density at radius 1 is 1.28 bits per heavy atom. The number of benzene rings is 1. The van der Waals surface area contributed by atoms with E-state index in [1.165, 1.54) is 12.1 Å². The Hall–Kier alpha value is -1.90. The van der Waals surface area contributed by atoms with E-state index in [4.69, 9.17) is 5.73 Å². The van der Waals surface area contributed by atoms with Crippen LogP contribution in [0, 0.1) is 13.7 Å². The quantitative estimate of drug-likeness (QED) is 0.501. The Labute approximate surface area is 117 Å². The van der Waals surface area contributed by atoms with Crippen LogP contribution in [0.2, 0.25) is 0 Å². The highest BCUT2D eigenvalue weighted by molar-refractivity contribution is 14.1. The monoisotopic (exact) mass is 356 g/mol. The van der Waals surface area contributed by atoms with Crippen LogP contribution in [0.1, 0.15) is 0 Å². The average Bonchev–Trinajstić information content (AvgIpc) is 2.31. The van der Waals surface area contributed by atoms with Crippen LogP contribution >= 0.6 is 22.6 Å². The van der Waals surface area contributed by atoms with Crippen molar-refractivity contribution in [2.75, 3.05) is 11.1 Å². The molecule has 0 atom stereocenters. The minimum absolute atomic E-state index is 0.0875. The van der Waals surface area contributed by atoms with Gasteiger partial charge in [-0.15, -0.1) is 0 Å². The molecule has 0 bridgehead atoms. The molecule has 3 N–H and O–H groups in total. The number of halogens is 1. The van der Waals surface area contributed by atoms with Crippen LogP contribution in [0.3, 0.4) is 0 Å². The van der Waals surface area contributed by atoms with Crippen LogP contribution in [0.15, 0.2) is 36.4 Å². The number of nitrogens with zero attached hydrogens (tertiary/aromatic N) is 2. The summed E-state index contributed by atoms with van der Waals surface area (Å²) in [6, 6.07) is 10.1. The highest BCUT2D eigenvalue weighted by Gasteiger charge is 2.09. The van der Waals surface area contributed by atoms with Crippen LogP contribution in [0.5, 0.6) is 0 Å². The Kier molecular flexibility index (Phi) is 3.60. The Morgan fingerprint density at radius 2 is 1.94 bits per heavy atom. The second kappa shape index (κ2) is 5.17. The highest BCUT2D eigenvalue weighted by atomic mass is 127. The van der Waals surface area contributed by atoms with Gasteiger partial charge in [-0.3, -0.25) is 10.1 Å². The molecule has 1 aromatic heterocycles. The van der Waals surface area contributed by atoms with E-state index < -0.39 is 4.92 Å². The molecule has 6 nitrogen and oxygen atoms in total. The molecule has 1 aromatic carbocycles. The average molecular weight is 356 g/mol. The third-order valence-electron chi connectivity index (χ3n) is 2.16. The van der Waals surface area contributed by atoms with E-state index in [1.54, 1.807) is 0 Å². The molecule has 0 aliphatic rings. The van der Waals surface area contributed by atoms with Crippen LogP contribution in [0.4, 0.5) is 23.0 Å². The van der Waals surface area contributed by atoms with Crippen molar-refractivity contribution in [2.45, 2.75) is 0 Å². The summed E-state index contributed by atoms with van der Waals surface area (Å²) in [7, 11) is 0. The fourth-order valence-corrected chi connectivity index (χ4v) is 1.75. The first-order valence-electron chi connectivity index (χ1n) is 4.99. The van der Waals surface area contributed by atoms with Gasteiger partial charge in [0, 0.05) is 9.26 Å². The van der Waals surface area contributed by atoms with Crippen molar-refractivity contribution in [3.8, 4) is 0 Å². The van der Waals surface area contributed by atoms with E-state index in [0.29, 0.717) is 5.82 Å². The molecule has 0 aliphatic heterocycles. The number of hydrogen-bond donors (Lipinski definition) is 2. The molecule has 2 rings (SSSR count). The first kappa shape index (κ1) is 12.6. The van der Waals surface area contributed by atoms with Gasteiger partial charge >= 0.3 is 0 Å². The summed E-state index contributed by atoms with van der Waals surface area (Å²) >= 11 is 2.19. The Morgan fingerprint density at radius 3 is 2.56 bits per heavy atom. The lowest BCUT2D eigenvalue weighted by Crippen LogP contribution is -1.99. The zero-order chi connectivity index (χ0) is 13.1. The van der Waals surface area contributed by atoms with Gasteiger partial charge < -0.3 is 11.1 Å². The van der Waals surface area contributed by atoms with Gasteiger partial charge in [0.2, 0.25) is 0 Å². The zero-order valence-corrected chi connectivity index (χ0v) is 11.3. The minimum atomic E-state index is -0.503. The maximum absolute atomic E-state index is 10.7. The van der Waals surface area contributed by atoms with Crippen molar-refractivity contribution < 1.29 is 4.92 Å². The fraction of sp³-hybridized carbons (Fsp3) is 0. The third-order valence-corrected chi connectivity index (χ3v) is 2.88. The number of nitro groups is 1. The molecule has 0 unspecified atom stereocenters. The largest absolute Gasteiger partial charge is 0.383 e. The molecule has 0 spiro atoms. The van der Waals surface area contributed by atoms with Gasteiger partial charge in [-0.05, 0) is 46.9 Å². The summed E-state index contributed by atoms with van der Waals surface area (Å²) in [5.74, 6) is 0.458. The van der Waals surface area contributed by atoms with Crippen LogP contribution in [-0.2, 0) is 0 Å². The van der Waals surface area contributed by atoms with E-state index in [-0.39, 0.29) is 11.5 Å². The molecule has 0 aliphatic carbocycles. The van der Waals surface area contributed by atoms with Gasteiger partial charge in [-0.1, -0.05) is 0 Å². The molecular weight excluding hydrogens is 347 g/mol. The molecular formula is C11H9IN4O2. The Balaban J connectivity index is 2.28. The van der Waals surface area contributed by atoms with Crippen molar-refractivity contribution in [1.82, 2.24) is 4.98 Å². The van der Waals surface area contributed by atoms with E-state index in [9.17, 15) is 10.1 Å². The number of nitrogens with one attached hydrogen (secondary N) is 1. The van der Waals surface area contributed by atoms with Gasteiger partial charge in [0.25, 0.3) is 5.69 Å². The zero-order valence-electron chi connectivity index (χ0n) is 9.13. The number of nitrogen functional groups attached to an aromatic ring is 1. The first-order valence-corrected chi connectivity index (χ1v) is 6.07. The fourth-order valence-electron chi connectivity index (χ4n) is 1.39. The van der Waals surface area contributed by atoms with Crippen LogP contribution in [-0.4, -0.2) is 9.91 Å². The number of nitrogens with two attached hydrogens (primary N) is 1. The van der Waals surface area contributed by atoms with Gasteiger partial charge in [0.15, 0.2) is 0 Å². The molecule has 0 saturated carbocycles. The molecule has 0 amide bonds. The van der Waals surface area contributed by atoms with Gasteiger partial charge in [-0.25, -0.2) is 4.98 Å². The number of pyridine rings is 1. The molecule has 0 fully saturated rings. The van der Waals surface area contributed by atoms with E-state index in [0.717, 1.165) is 9.26 Å². The van der Waals surface area contributed by atoms with Crippen LogP contribution < -0.4 is 11.1 Å². The lowest BCUT2D eigenvalue weighted by atomic mass is 10.3. The maximum Gasteiger partial charge on any atom is 0.276 e. The molecule has 1 heterocycles. The predicted molar refractivity (Wildman–Crippen MR) is 77.7 cm³/mol. The molecule has 0 radical (unpaired) electrons. The molecule has 2 aromatic rings. The van der Waals surface area contributed by atoms with Crippen molar-refractivity contribution in [3.05, 3.63) is 50.1 Å². The minimum Gasteiger partial charge on any atom is -0.383 e. The molecule has 92 valence electrons. The third kappa shape index (κ3) is 3.06.